The molecule has 66 valence electrons. The summed E-state index contributed by atoms with van der Waals surface area (Å²) in [5.74, 6) is -2.96. The summed E-state index contributed by atoms with van der Waals surface area (Å²) >= 11 is 7.40. The molecule has 1 rings (SSSR count). The molecule has 0 saturated carbocycles. The Morgan fingerprint density at radius 3 is 2.42 bits per heavy atom. The lowest BCUT2D eigenvalue weighted by molar-refractivity contribution is 0.0523. The van der Waals surface area contributed by atoms with Crippen molar-refractivity contribution < 1.29 is 8.78 Å². The van der Waals surface area contributed by atoms with Crippen LogP contribution in [0.2, 0.25) is 0 Å². The molecule has 0 saturated heterocycles. The van der Waals surface area contributed by atoms with Gasteiger partial charge in [0.1, 0.15) is 0 Å². The van der Waals surface area contributed by atoms with Crippen LogP contribution >= 0.6 is 43.2 Å². The van der Waals surface area contributed by atoms with E-state index < -0.39 is 5.92 Å². The van der Waals surface area contributed by atoms with Crippen molar-refractivity contribution in [3.8, 4) is 0 Å². The van der Waals surface area contributed by atoms with E-state index in [1.165, 1.54) is 17.4 Å². The Kier molecular flexibility index (Phi) is 3.06. The molecule has 0 aromatic carbocycles. The third-order valence-electron chi connectivity index (χ3n) is 1.27. The summed E-state index contributed by atoms with van der Waals surface area (Å²) in [6.07, 6.45) is 0.631. The van der Waals surface area contributed by atoms with E-state index in [0.717, 1.165) is 0 Å². The molecule has 0 atom stereocenters. The van der Waals surface area contributed by atoms with E-state index in [2.05, 4.69) is 38.4 Å². The quantitative estimate of drug-likeness (QED) is 0.702. The van der Waals surface area contributed by atoms with Gasteiger partial charge in [-0.25, -0.2) is 0 Å². The molecule has 0 N–H and O–H groups in total. The maximum atomic E-state index is 13.0. The molecule has 0 aliphatic carbocycles. The van der Waals surface area contributed by atoms with Crippen LogP contribution in [0.5, 0.6) is 0 Å². The van der Waals surface area contributed by atoms with Gasteiger partial charge in [-0.15, -0.1) is 11.3 Å². The zero-order valence-electron chi connectivity index (χ0n) is 5.78. The van der Waals surface area contributed by atoms with Crippen LogP contribution in [0.3, 0.4) is 0 Å². The topological polar surface area (TPSA) is 0 Å². The minimum Gasteiger partial charge on any atom is -0.196 e. The summed E-state index contributed by atoms with van der Waals surface area (Å²) in [7, 11) is 0. The Morgan fingerprint density at radius 1 is 1.50 bits per heavy atom. The van der Waals surface area contributed by atoms with E-state index >= 15 is 0 Å². The molecule has 0 aliphatic heterocycles. The first-order valence-electron chi connectivity index (χ1n) is 2.94. The van der Waals surface area contributed by atoms with Crippen molar-refractivity contribution in [2.24, 2.45) is 0 Å². The second kappa shape index (κ2) is 3.55. The Morgan fingerprint density at radius 2 is 2.08 bits per heavy atom. The number of alkyl halides is 2. The van der Waals surface area contributed by atoms with Crippen LogP contribution in [0.1, 0.15) is 5.56 Å². The second-order valence-electron chi connectivity index (χ2n) is 2.06. The van der Waals surface area contributed by atoms with Gasteiger partial charge >= 0.3 is 0 Å². The van der Waals surface area contributed by atoms with Crippen LogP contribution in [0, 0.1) is 0 Å². The van der Waals surface area contributed by atoms with Gasteiger partial charge in [0.15, 0.2) is 0 Å². The van der Waals surface area contributed by atoms with Crippen LogP contribution in [-0.4, -0.2) is 0 Å². The van der Waals surface area contributed by atoms with Gasteiger partial charge in [0.25, 0.3) is 5.92 Å². The first kappa shape index (κ1) is 10.3. The fourth-order valence-corrected chi connectivity index (χ4v) is 3.60. The molecule has 1 heterocycles. The first-order chi connectivity index (χ1) is 5.47. The van der Waals surface area contributed by atoms with Crippen molar-refractivity contribution in [3.63, 3.8) is 0 Å². The standard InChI is InChI=1S/C7H4Br2F2S/c1-2-7(10,11)4-3-5(8)12-6(4)9/h2-3H,1H2. The van der Waals surface area contributed by atoms with Crippen molar-refractivity contribution >= 4 is 43.2 Å². The lowest BCUT2D eigenvalue weighted by Crippen LogP contribution is -2.07. The van der Waals surface area contributed by atoms with E-state index in [0.29, 0.717) is 13.6 Å². The average Bonchev–Trinajstić information content (AvgIpc) is 2.31. The van der Waals surface area contributed by atoms with Gasteiger partial charge in [0, 0.05) is 0 Å². The van der Waals surface area contributed by atoms with Crippen LogP contribution in [0.15, 0.2) is 26.3 Å². The molecule has 0 unspecified atom stereocenters. The predicted molar refractivity (Wildman–Crippen MR) is 53.8 cm³/mol. The Hall–Kier alpha value is 0.260. The van der Waals surface area contributed by atoms with Crippen LogP contribution < -0.4 is 0 Å². The third kappa shape index (κ3) is 1.95. The van der Waals surface area contributed by atoms with Crippen LogP contribution in [-0.2, 0) is 5.92 Å². The number of allylic oxidation sites excluding steroid dienone is 1. The average molecular weight is 318 g/mol. The minimum absolute atomic E-state index is 0.0469. The molecule has 12 heavy (non-hydrogen) atoms. The van der Waals surface area contributed by atoms with E-state index in [4.69, 9.17) is 0 Å². The van der Waals surface area contributed by atoms with Gasteiger partial charge in [0.2, 0.25) is 0 Å². The molecule has 0 nitrogen and oxygen atoms in total. The molecule has 0 fully saturated rings. The van der Waals surface area contributed by atoms with Crippen molar-refractivity contribution in [1.29, 1.82) is 0 Å². The molecule has 0 bridgehead atoms. The summed E-state index contributed by atoms with van der Waals surface area (Å²) in [5.41, 5.74) is -0.0469. The molecule has 5 heteroatoms. The largest absolute Gasteiger partial charge is 0.293 e. The molecular formula is C7H4Br2F2S. The molecule has 0 aliphatic rings. The minimum atomic E-state index is -2.96. The van der Waals surface area contributed by atoms with Gasteiger partial charge in [0.05, 0.1) is 13.1 Å². The highest BCUT2D eigenvalue weighted by atomic mass is 79.9. The van der Waals surface area contributed by atoms with Gasteiger partial charge in [-0.1, -0.05) is 6.58 Å². The van der Waals surface area contributed by atoms with Gasteiger partial charge < -0.3 is 0 Å². The second-order valence-corrected chi connectivity index (χ2v) is 5.81. The van der Waals surface area contributed by atoms with Crippen molar-refractivity contribution in [2.45, 2.75) is 5.92 Å². The summed E-state index contributed by atoms with van der Waals surface area (Å²) in [6, 6.07) is 1.39. The Labute approximate surface area is 89.5 Å². The molecule has 0 spiro atoms. The highest BCUT2D eigenvalue weighted by molar-refractivity contribution is 9.12. The Bertz CT molecular complexity index is 306. The van der Waals surface area contributed by atoms with E-state index in [1.54, 1.807) is 0 Å². The number of thiophene rings is 1. The van der Waals surface area contributed by atoms with Crippen molar-refractivity contribution in [1.82, 2.24) is 0 Å². The third-order valence-corrected chi connectivity index (χ3v) is 3.61. The number of hydrogen-bond donors (Lipinski definition) is 0. The van der Waals surface area contributed by atoms with Gasteiger partial charge in [-0.3, -0.25) is 0 Å². The maximum Gasteiger partial charge on any atom is 0.293 e. The monoisotopic (exact) mass is 316 g/mol. The van der Waals surface area contributed by atoms with E-state index in [-0.39, 0.29) is 5.56 Å². The lowest BCUT2D eigenvalue weighted by Gasteiger charge is -2.08. The highest BCUT2D eigenvalue weighted by Crippen LogP contribution is 2.41. The maximum absolute atomic E-state index is 13.0. The fourth-order valence-electron chi connectivity index (χ4n) is 0.677. The fraction of sp³-hybridized carbons (Fsp3) is 0.143. The number of hydrogen-bond acceptors (Lipinski definition) is 1. The lowest BCUT2D eigenvalue weighted by atomic mass is 10.2. The SMILES string of the molecule is C=CC(F)(F)c1cc(Br)sc1Br. The summed E-state index contributed by atoms with van der Waals surface area (Å²) < 4.78 is 27.1. The van der Waals surface area contributed by atoms with Crippen LogP contribution in [0.25, 0.3) is 0 Å². The summed E-state index contributed by atoms with van der Waals surface area (Å²) in [4.78, 5) is 0. The smallest absolute Gasteiger partial charge is 0.196 e. The number of rotatable bonds is 2. The highest BCUT2D eigenvalue weighted by Gasteiger charge is 2.31. The molecule has 1 aromatic rings. The zero-order chi connectivity index (χ0) is 9.35. The van der Waals surface area contributed by atoms with Crippen molar-refractivity contribution in [2.75, 3.05) is 0 Å². The summed E-state index contributed by atoms with van der Waals surface area (Å²) in [6.45, 7) is 3.08. The van der Waals surface area contributed by atoms with Gasteiger partial charge in [-0.05, 0) is 44.0 Å². The molecule has 1 aromatic heterocycles. The molecule has 0 amide bonds. The summed E-state index contributed by atoms with van der Waals surface area (Å²) in [5, 5.41) is 0. The van der Waals surface area contributed by atoms with E-state index in [1.807, 2.05) is 0 Å². The number of halogens is 4. The first-order valence-corrected chi connectivity index (χ1v) is 5.34. The predicted octanol–water partition coefficient (Wildman–Crippen LogP) is 4.55. The zero-order valence-corrected chi connectivity index (χ0v) is 9.77. The van der Waals surface area contributed by atoms with Crippen LogP contribution in [0.4, 0.5) is 8.78 Å². The molecular weight excluding hydrogens is 314 g/mol. The van der Waals surface area contributed by atoms with Crippen molar-refractivity contribution in [3.05, 3.63) is 31.9 Å². The Balaban J connectivity index is 3.18. The van der Waals surface area contributed by atoms with E-state index in [9.17, 15) is 8.78 Å². The molecule has 0 radical (unpaired) electrons. The van der Waals surface area contributed by atoms with Gasteiger partial charge in [-0.2, -0.15) is 8.78 Å². The normalized spacial score (nSPS) is 11.7.